The minimum atomic E-state index is -0.680. The highest BCUT2D eigenvalue weighted by atomic mass is 17.1. The van der Waals surface area contributed by atoms with Crippen molar-refractivity contribution in [2.24, 2.45) is 0 Å². The molecule has 0 aliphatic rings. The Balaban J connectivity index is 2.02. The average Bonchev–Trinajstić information content (AvgIpc) is 2.68. The van der Waals surface area contributed by atoms with Gasteiger partial charge in [-0.1, -0.05) is 12.1 Å². The lowest BCUT2D eigenvalue weighted by atomic mass is 10.1. The Morgan fingerprint density at radius 3 is 2.25 bits per heavy atom. The number of ketones is 2. The summed E-state index contributed by atoms with van der Waals surface area (Å²) in [5.41, 5.74) is 0.737. The van der Waals surface area contributed by atoms with E-state index >= 15 is 0 Å². The molecule has 0 amide bonds. The quantitative estimate of drug-likeness (QED) is 0.179. The molecule has 0 unspecified atom stereocenters. The van der Waals surface area contributed by atoms with Crippen molar-refractivity contribution in [1.82, 2.24) is 0 Å². The zero-order valence-electron chi connectivity index (χ0n) is 14.8. The van der Waals surface area contributed by atoms with Gasteiger partial charge in [-0.3, -0.25) is 9.59 Å². The van der Waals surface area contributed by atoms with Gasteiger partial charge in [-0.15, -0.1) is 0 Å². The second kappa shape index (κ2) is 9.24. The Morgan fingerprint density at radius 2 is 1.61 bits per heavy atom. The molecule has 0 atom stereocenters. The summed E-state index contributed by atoms with van der Waals surface area (Å²) >= 11 is 0. The van der Waals surface area contributed by atoms with Gasteiger partial charge in [0.15, 0.2) is 28.8 Å². The Hall–Kier alpha value is -3.78. The van der Waals surface area contributed by atoms with Gasteiger partial charge in [0, 0.05) is 5.56 Å². The third-order valence-corrected chi connectivity index (χ3v) is 3.69. The molecule has 0 spiro atoms. The lowest BCUT2D eigenvalue weighted by Gasteiger charge is -2.05. The molecular weight excluding hydrogens is 368 g/mol. The number of aromatic hydroxyl groups is 3. The highest BCUT2D eigenvalue weighted by molar-refractivity contribution is 6.11. The summed E-state index contributed by atoms with van der Waals surface area (Å²) in [5.74, 6) is -2.34. The summed E-state index contributed by atoms with van der Waals surface area (Å²) < 4.78 is 4.97. The number of phenols is 3. The van der Waals surface area contributed by atoms with Gasteiger partial charge in [-0.05, 0) is 48.1 Å². The smallest absolute Gasteiger partial charge is 0.217 e. The number of benzene rings is 2. The second-order valence-electron chi connectivity index (χ2n) is 5.65. The van der Waals surface area contributed by atoms with Crippen molar-refractivity contribution < 1.29 is 39.8 Å². The lowest BCUT2D eigenvalue weighted by molar-refractivity contribution is -0.139. The average molecular weight is 386 g/mol. The topological polar surface area (TPSA) is 134 Å². The predicted octanol–water partition coefficient (Wildman–Crippen LogP) is 2.92. The first-order valence-corrected chi connectivity index (χ1v) is 8.01. The maximum atomic E-state index is 11.9. The number of phenolic OH excluding ortho intramolecular Hbond substituents is 3. The van der Waals surface area contributed by atoms with E-state index in [4.69, 9.17) is 9.99 Å². The predicted molar refractivity (Wildman–Crippen MR) is 100 cm³/mol. The standard InChI is InChI=1S/C20H18O8/c1-27-18-10-12(3-8-16(18)23)2-6-14(21)11-15(22)7-4-13-5-9-17(24)19(25)20(13)28-26/h2-10,23-26H,11H2,1H3/b6-2+,7-4+. The van der Waals surface area contributed by atoms with Crippen LogP contribution in [0.25, 0.3) is 12.2 Å². The number of carbonyl (C=O) groups is 2. The van der Waals surface area contributed by atoms with Crippen molar-refractivity contribution in [3.8, 4) is 28.7 Å². The Kier molecular flexibility index (Phi) is 6.78. The highest BCUT2D eigenvalue weighted by Gasteiger charge is 2.13. The van der Waals surface area contributed by atoms with Crippen LogP contribution in [-0.4, -0.2) is 39.3 Å². The molecule has 0 fully saturated rings. The SMILES string of the molecule is COc1cc(/C=C/C(=O)CC(=O)/C=C/c2ccc(O)c(O)c2OO)ccc1O. The van der Waals surface area contributed by atoms with Gasteiger partial charge in [-0.2, -0.15) is 0 Å². The van der Waals surface area contributed by atoms with E-state index in [1.165, 1.54) is 43.5 Å². The van der Waals surface area contributed by atoms with Gasteiger partial charge in [0.25, 0.3) is 0 Å². The molecule has 0 radical (unpaired) electrons. The monoisotopic (exact) mass is 386 g/mol. The van der Waals surface area contributed by atoms with E-state index in [-0.39, 0.29) is 17.1 Å². The summed E-state index contributed by atoms with van der Waals surface area (Å²) in [6, 6.07) is 7.00. The van der Waals surface area contributed by atoms with Crippen molar-refractivity contribution in [1.29, 1.82) is 0 Å². The molecule has 2 rings (SSSR count). The maximum absolute atomic E-state index is 11.9. The minimum Gasteiger partial charge on any atom is -0.504 e. The van der Waals surface area contributed by atoms with Crippen molar-refractivity contribution in [3.63, 3.8) is 0 Å². The Labute approximate surface area is 160 Å². The van der Waals surface area contributed by atoms with Gasteiger partial charge in [0.05, 0.1) is 13.5 Å². The molecular formula is C20H18O8. The van der Waals surface area contributed by atoms with E-state index in [1.807, 2.05) is 0 Å². The van der Waals surface area contributed by atoms with E-state index in [1.54, 1.807) is 6.07 Å². The molecule has 8 heteroatoms. The van der Waals surface area contributed by atoms with Gasteiger partial charge >= 0.3 is 0 Å². The number of hydrogen-bond acceptors (Lipinski definition) is 8. The molecule has 0 aliphatic carbocycles. The molecule has 0 bridgehead atoms. The van der Waals surface area contributed by atoms with Crippen molar-refractivity contribution >= 4 is 23.7 Å². The first-order chi connectivity index (χ1) is 13.3. The van der Waals surface area contributed by atoms with Crippen LogP contribution in [0.2, 0.25) is 0 Å². The second-order valence-corrected chi connectivity index (χ2v) is 5.65. The zero-order chi connectivity index (χ0) is 20.7. The third kappa shape index (κ3) is 5.12. The molecule has 0 heterocycles. The van der Waals surface area contributed by atoms with E-state index in [2.05, 4.69) is 4.89 Å². The molecule has 2 aromatic rings. The number of allylic oxidation sites excluding steroid dienone is 2. The van der Waals surface area contributed by atoms with Crippen LogP contribution in [0.5, 0.6) is 28.7 Å². The number of methoxy groups -OCH3 is 1. The van der Waals surface area contributed by atoms with Crippen LogP contribution in [0.15, 0.2) is 42.5 Å². The van der Waals surface area contributed by atoms with Gasteiger partial charge in [0.2, 0.25) is 11.5 Å². The molecule has 0 aromatic heterocycles. The number of ether oxygens (including phenoxy) is 1. The van der Waals surface area contributed by atoms with E-state index in [0.717, 1.165) is 12.1 Å². The fourth-order valence-electron chi connectivity index (χ4n) is 2.26. The molecule has 0 saturated carbocycles. The summed E-state index contributed by atoms with van der Waals surface area (Å²) in [4.78, 5) is 27.9. The molecule has 146 valence electrons. The zero-order valence-corrected chi connectivity index (χ0v) is 14.8. The summed E-state index contributed by atoms with van der Waals surface area (Å²) in [5, 5.41) is 37.2. The van der Waals surface area contributed by atoms with Crippen LogP contribution in [-0.2, 0) is 9.59 Å². The normalized spacial score (nSPS) is 11.1. The van der Waals surface area contributed by atoms with Crippen LogP contribution < -0.4 is 9.62 Å². The number of carbonyl (C=O) groups excluding carboxylic acids is 2. The summed E-state index contributed by atoms with van der Waals surface area (Å²) in [6.07, 6.45) is 4.63. The van der Waals surface area contributed by atoms with E-state index < -0.39 is 35.2 Å². The first-order valence-electron chi connectivity index (χ1n) is 8.01. The lowest BCUT2D eigenvalue weighted by Crippen LogP contribution is -2.02. The van der Waals surface area contributed by atoms with E-state index in [9.17, 15) is 24.9 Å². The van der Waals surface area contributed by atoms with Crippen molar-refractivity contribution in [2.75, 3.05) is 7.11 Å². The van der Waals surface area contributed by atoms with Crippen LogP contribution in [0.3, 0.4) is 0 Å². The Morgan fingerprint density at radius 1 is 0.964 bits per heavy atom. The maximum Gasteiger partial charge on any atom is 0.217 e. The third-order valence-electron chi connectivity index (χ3n) is 3.69. The van der Waals surface area contributed by atoms with Crippen LogP contribution >= 0.6 is 0 Å². The summed E-state index contributed by atoms with van der Waals surface area (Å²) in [6.45, 7) is 0. The molecule has 2 aromatic carbocycles. The molecule has 0 aliphatic heterocycles. The van der Waals surface area contributed by atoms with Crippen molar-refractivity contribution in [2.45, 2.75) is 6.42 Å². The van der Waals surface area contributed by atoms with Crippen LogP contribution in [0, 0.1) is 0 Å². The molecule has 8 nitrogen and oxygen atoms in total. The molecule has 28 heavy (non-hydrogen) atoms. The first kappa shape index (κ1) is 20.5. The minimum absolute atomic E-state index is 0.0298. The van der Waals surface area contributed by atoms with Gasteiger partial charge < -0.3 is 24.9 Å². The highest BCUT2D eigenvalue weighted by Crippen LogP contribution is 2.38. The fourth-order valence-corrected chi connectivity index (χ4v) is 2.26. The Bertz CT molecular complexity index is 943. The molecule has 0 saturated heterocycles. The van der Waals surface area contributed by atoms with Gasteiger partial charge in [-0.25, -0.2) is 5.26 Å². The number of hydrogen-bond donors (Lipinski definition) is 4. The molecule has 4 N–H and O–H groups in total. The van der Waals surface area contributed by atoms with Crippen LogP contribution in [0.1, 0.15) is 17.5 Å². The summed E-state index contributed by atoms with van der Waals surface area (Å²) in [7, 11) is 1.40. The van der Waals surface area contributed by atoms with Crippen LogP contribution in [0.4, 0.5) is 0 Å². The van der Waals surface area contributed by atoms with Gasteiger partial charge in [0.1, 0.15) is 0 Å². The number of rotatable bonds is 8. The van der Waals surface area contributed by atoms with E-state index in [0.29, 0.717) is 5.56 Å². The fraction of sp³-hybridized carbons (Fsp3) is 0.100. The largest absolute Gasteiger partial charge is 0.504 e. The van der Waals surface area contributed by atoms with Crippen molar-refractivity contribution in [3.05, 3.63) is 53.6 Å².